The Labute approximate surface area is 134 Å². The van der Waals surface area contributed by atoms with Crippen molar-refractivity contribution in [2.45, 2.75) is 39.8 Å². The molecule has 0 bridgehead atoms. The molecule has 0 aliphatic carbocycles. The second kappa shape index (κ2) is 5.26. The molecule has 0 amide bonds. The molecule has 1 atom stereocenters. The minimum atomic E-state index is 0.431. The van der Waals surface area contributed by atoms with Crippen LogP contribution in [0.1, 0.15) is 29.9 Å². The molecule has 3 aromatic rings. The maximum Gasteiger partial charge on any atom is 0.251 e. The molecule has 0 saturated heterocycles. The highest BCUT2D eigenvalue weighted by Crippen LogP contribution is 2.33. The number of hydrogen-bond acceptors (Lipinski definition) is 5. The predicted molar refractivity (Wildman–Crippen MR) is 87.3 cm³/mol. The summed E-state index contributed by atoms with van der Waals surface area (Å²) in [5.41, 5.74) is 3.51. The maximum absolute atomic E-state index is 5.87. The molecule has 3 heterocycles. The largest absolute Gasteiger partial charge is 0.466 e. The second-order valence-corrected chi connectivity index (χ2v) is 6.14. The highest BCUT2D eigenvalue weighted by Gasteiger charge is 2.27. The van der Waals surface area contributed by atoms with Crippen molar-refractivity contribution in [1.82, 2.24) is 10.2 Å². The second-order valence-electron chi connectivity index (χ2n) is 6.14. The Morgan fingerprint density at radius 3 is 2.78 bits per heavy atom. The monoisotopic (exact) mass is 309 g/mol. The molecule has 0 spiro atoms. The molecular formula is C18H19N3O2. The van der Waals surface area contributed by atoms with Gasteiger partial charge in [-0.25, -0.2) is 0 Å². The smallest absolute Gasteiger partial charge is 0.251 e. The van der Waals surface area contributed by atoms with Crippen molar-refractivity contribution in [2.24, 2.45) is 0 Å². The number of nitrogens with zero attached hydrogens (tertiary/aromatic N) is 3. The third-order valence-corrected chi connectivity index (χ3v) is 4.39. The lowest BCUT2D eigenvalue weighted by Crippen LogP contribution is -2.28. The zero-order chi connectivity index (χ0) is 16.0. The molecule has 0 N–H and O–H groups in total. The predicted octanol–water partition coefficient (Wildman–Crippen LogP) is 3.90. The fourth-order valence-electron chi connectivity index (χ4n) is 3.29. The Balaban J connectivity index is 1.60. The van der Waals surface area contributed by atoms with Gasteiger partial charge < -0.3 is 13.7 Å². The van der Waals surface area contributed by atoms with Gasteiger partial charge in [-0.3, -0.25) is 0 Å². The Hall–Kier alpha value is -2.56. The van der Waals surface area contributed by atoms with Crippen LogP contribution in [0.15, 0.2) is 39.2 Å². The molecule has 0 unspecified atom stereocenters. The lowest BCUT2D eigenvalue weighted by Gasteiger charge is -2.22. The van der Waals surface area contributed by atoms with Crippen molar-refractivity contribution in [3.63, 3.8) is 0 Å². The Morgan fingerprint density at radius 2 is 2.00 bits per heavy atom. The van der Waals surface area contributed by atoms with Crippen molar-refractivity contribution < 1.29 is 8.83 Å². The van der Waals surface area contributed by atoms with Crippen LogP contribution in [-0.4, -0.2) is 16.2 Å². The summed E-state index contributed by atoms with van der Waals surface area (Å²) in [6, 6.07) is 10.9. The van der Waals surface area contributed by atoms with Crippen molar-refractivity contribution in [3.05, 3.63) is 53.3 Å². The van der Waals surface area contributed by atoms with Gasteiger partial charge in [0, 0.05) is 11.7 Å². The maximum atomic E-state index is 5.87. The normalized spacial score (nSPS) is 16.8. The molecule has 2 aromatic heterocycles. The first kappa shape index (κ1) is 14.1. The molecule has 0 saturated carbocycles. The topological polar surface area (TPSA) is 55.3 Å². The van der Waals surface area contributed by atoms with Gasteiger partial charge in [-0.05, 0) is 44.9 Å². The van der Waals surface area contributed by atoms with Gasteiger partial charge in [-0.1, -0.05) is 18.2 Å². The number of aryl methyl sites for hydroxylation is 2. The summed E-state index contributed by atoms with van der Waals surface area (Å²) in [6.07, 6.45) is 1.05. The lowest BCUT2D eigenvalue weighted by molar-refractivity contribution is 0.483. The van der Waals surface area contributed by atoms with E-state index in [-0.39, 0.29) is 0 Å². The first-order valence-corrected chi connectivity index (χ1v) is 7.86. The van der Waals surface area contributed by atoms with Gasteiger partial charge in [0.15, 0.2) is 0 Å². The number of benzene rings is 1. The molecule has 23 heavy (non-hydrogen) atoms. The molecule has 0 radical (unpaired) electrons. The number of aromatic nitrogens is 2. The van der Waals surface area contributed by atoms with Crippen LogP contribution < -0.4 is 4.90 Å². The first-order chi connectivity index (χ1) is 11.1. The molecule has 1 aliphatic heterocycles. The number of para-hydroxylation sites is 1. The third kappa shape index (κ3) is 2.42. The van der Waals surface area contributed by atoms with Crippen molar-refractivity contribution in [2.75, 3.05) is 4.90 Å². The zero-order valence-electron chi connectivity index (χ0n) is 13.5. The van der Waals surface area contributed by atoms with E-state index >= 15 is 0 Å². The lowest BCUT2D eigenvalue weighted by atomic mass is 10.1. The summed E-state index contributed by atoms with van der Waals surface area (Å²) in [4.78, 5) is 2.32. The quantitative estimate of drug-likeness (QED) is 0.734. The summed E-state index contributed by atoms with van der Waals surface area (Å²) in [7, 11) is 0. The Morgan fingerprint density at radius 1 is 1.17 bits per heavy atom. The molecule has 5 heteroatoms. The van der Waals surface area contributed by atoms with E-state index in [0.29, 0.717) is 24.4 Å². The van der Waals surface area contributed by atoms with Crippen LogP contribution >= 0.6 is 0 Å². The fourth-order valence-corrected chi connectivity index (χ4v) is 3.29. The van der Waals surface area contributed by atoms with Gasteiger partial charge in [0.05, 0.1) is 12.1 Å². The number of hydrogen-bond donors (Lipinski definition) is 0. The molecule has 5 nitrogen and oxygen atoms in total. The van der Waals surface area contributed by atoms with Gasteiger partial charge in [-0.15, -0.1) is 10.2 Å². The molecular weight excluding hydrogens is 290 g/mol. The van der Waals surface area contributed by atoms with Gasteiger partial charge >= 0.3 is 0 Å². The minimum absolute atomic E-state index is 0.431. The van der Waals surface area contributed by atoms with Crippen LogP contribution in [0.4, 0.5) is 5.69 Å². The SMILES string of the molecule is Cc1cc(-c2nnc(CN3c4ccccc4C[C@H]3C)o2)c(C)o1. The van der Waals surface area contributed by atoms with Crippen molar-refractivity contribution in [3.8, 4) is 11.5 Å². The van der Waals surface area contributed by atoms with Crippen LogP contribution in [0.5, 0.6) is 0 Å². The van der Waals surface area contributed by atoms with Crippen LogP contribution in [0.25, 0.3) is 11.5 Å². The average molecular weight is 309 g/mol. The number of rotatable bonds is 3. The van der Waals surface area contributed by atoms with Gasteiger partial charge in [0.25, 0.3) is 5.89 Å². The van der Waals surface area contributed by atoms with E-state index in [9.17, 15) is 0 Å². The average Bonchev–Trinajstić information content (AvgIpc) is 3.19. The van der Waals surface area contributed by atoms with E-state index in [1.54, 1.807) is 0 Å². The van der Waals surface area contributed by atoms with E-state index < -0.39 is 0 Å². The van der Waals surface area contributed by atoms with E-state index in [0.717, 1.165) is 23.5 Å². The molecule has 1 aliphatic rings. The number of fused-ring (bicyclic) bond motifs is 1. The molecule has 1 aromatic carbocycles. The van der Waals surface area contributed by atoms with E-state index in [1.165, 1.54) is 11.3 Å². The number of furan rings is 1. The minimum Gasteiger partial charge on any atom is -0.466 e. The highest BCUT2D eigenvalue weighted by molar-refractivity contribution is 5.59. The van der Waals surface area contributed by atoms with E-state index in [4.69, 9.17) is 8.83 Å². The van der Waals surface area contributed by atoms with Crippen LogP contribution in [0.2, 0.25) is 0 Å². The van der Waals surface area contributed by atoms with Gasteiger partial charge in [0.1, 0.15) is 11.5 Å². The summed E-state index contributed by atoms with van der Waals surface area (Å²) in [6.45, 7) is 6.67. The van der Waals surface area contributed by atoms with Crippen LogP contribution in [0, 0.1) is 13.8 Å². The molecule has 4 rings (SSSR count). The number of anilines is 1. The van der Waals surface area contributed by atoms with Crippen molar-refractivity contribution in [1.29, 1.82) is 0 Å². The summed E-state index contributed by atoms with van der Waals surface area (Å²) >= 11 is 0. The standard InChI is InChI=1S/C18H19N3O2/c1-11-8-14-6-4-5-7-16(14)21(11)10-17-19-20-18(23-17)15-9-12(2)22-13(15)3/h4-7,9,11H,8,10H2,1-3H3/t11-/m1/s1. The van der Waals surface area contributed by atoms with Crippen LogP contribution in [0.3, 0.4) is 0 Å². The Kier molecular flexibility index (Phi) is 3.22. The Bertz CT molecular complexity index is 850. The van der Waals surface area contributed by atoms with E-state index in [1.807, 2.05) is 19.9 Å². The summed E-state index contributed by atoms with van der Waals surface area (Å²) in [5, 5.41) is 8.39. The highest BCUT2D eigenvalue weighted by atomic mass is 16.4. The first-order valence-electron chi connectivity index (χ1n) is 7.86. The van der Waals surface area contributed by atoms with E-state index in [2.05, 4.69) is 46.3 Å². The zero-order valence-corrected chi connectivity index (χ0v) is 13.5. The third-order valence-electron chi connectivity index (χ3n) is 4.39. The fraction of sp³-hybridized carbons (Fsp3) is 0.333. The molecule has 118 valence electrons. The van der Waals surface area contributed by atoms with Gasteiger partial charge in [-0.2, -0.15) is 0 Å². The summed E-state index contributed by atoms with van der Waals surface area (Å²) < 4.78 is 11.4. The van der Waals surface area contributed by atoms with Gasteiger partial charge in [0.2, 0.25) is 5.89 Å². The van der Waals surface area contributed by atoms with Crippen LogP contribution in [-0.2, 0) is 13.0 Å². The molecule has 0 fully saturated rings. The summed E-state index contributed by atoms with van der Waals surface area (Å²) in [5.74, 6) is 2.80. The van der Waals surface area contributed by atoms with Crippen molar-refractivity contribution >= 4 is 5.69 Å².